The minimum absolute atomic E-state index is 0.505. The largest absolute Gasteiger partial charge is 0.369 e. The van der Waals surface area contributed by atoms with Gasteiger partial charge in [-0.05, 0) is 62.6 Å². The van der Waals surface area contributed by atoms with E-state index in [4.69, 9.17) is 0 Å². The van der Waals surface area contributed by atoms with E-state index in [0.29, 0.717) is 6.42 Å². The highest BCUT2D eigenvalue weighted by atomic mass is 16.1. The Labute approximate surface area is 196 Å². The fraction of sp³-hybridized carbons (Fsp3) is 0.296. The molecule has 0 bridgehead atoms. The number of aromatic nitrogens is 2. The van der Waals surface area contributed by atoms with Crippen molar-refractivity contribution in [2.75, 3.05) is 39.5 Å². The smallest absolute Gasteiger partial charge is 0.145 e. The van der Waals surface area contributed by atoms with E-state index >= 15 is 0 Å². The minimum atomic E-state index is 0.505. The number of hydrogen-bond donors (Lipinski definition) is 2. The van der Waals surface area contributed by atoms with E-state index < -0.39 is 0 Å². The molecule has 1 aromatic heterocycles. The van der Waals surface area contributed by atoms with Crippen LogP contribution >= 0.6 is 0 Å². The standard InChI is InChI=1S/C15H23N5.C12H10O/c1-16-9-6-10-17-15-12-7-4-5-8-13(12)18-14(19-15)11-20(2)3;13-8-7-10-5-6-11-3-1-2-4-12(11)9-10/h4-5,7-8,16H,6,9-11H2,1-3H3,(H,17,18,19);1-6,8-9H,7H2. The first-order valence-corrected chi connectivity index (χ1v) is 11.3. The second kappa shape index (κ2) is 12.6. The van der Waals surface area contributed by atoms with Crippen molar-refractivity contribution < 1.29 is 4.79 Å². The molecule has 0 aliphatic carbocycles. The Hall–Kier alpha value is -3.35. The molecule has 0 atom stereocenters. The van der Waals surface area contributed by atoms with Crippen molar-refractivity contribution in [2.45, 2.75) is 19.4 Å². The van der Waals surface area contributed by atoms with Gasteiger partial charge in [-0.2, -0.15) is 0 Å². The van der Waals surface area contributed by atoms with Crippen LogP contribution < -0.4 is 10.6 Å². The van der Waals surface area contributed by atoms with Gasteiger partial charge in [0.15, 0.2) is 0 Å². The number of benzene rings is 3. The normalized spacial score (nSPS) is 10.8. The summed E-state index contributed by atoms with van der Waals surface area (Å²) in [7, 11) is 6.02. The number of anilines is 1. The summed E-state index contributed by atoms with van der Waals surface area (Å²) >= 11 is 0. The van der Waals surface area contributed by atoms with E-state index in [1.54, 1.807) is 0 Å². The molecule has 0 aliphatic heterocycles. The maximum absolute atomic E-state index is 10.3. The van der Waals surface area contributed by atoms with E-state index in [1.165, 1.54) is 10.8 Å². The number of fused-ring (bicyclic) bond motifs is 2. The highest BCUT2D eigenvalue weighted by Gasteiger charge is 2.07. The summed E-state index contributed by atoms with van der Waals surface area (Å²) in [5.74, 6) is 1.79. The lowest BCUT2D eigenvalue weighted by Gasteiger charge is -2.13. The van der Waals surface area contributed by atoms with Gasteiger partial charge in [0, 0.05) is 18.4 Å². The molecule has 3 aromatic carbocycles. The van der Waals surface area contributed by atoms with Crippen molar-refractivity contribution in [3.8, 4) is 0 Å². The number of nitrogens with one attached hydrogen (secondary N) is 2. The predicted octanol–water partition coefficient (Wildman–Crippen LogP) is 4.29. The molecule has 0 unspecified atom stereocenters. The number of aldehydes is 1. The molecule has 0 aliphatic rings. The Morgan fingerprint density at radius 3 is 2.42 bits per heavy atom. The molecule has 4 aromatic rings. The summed E-state index contributed by atoms with van der Waals surface area (Å²) in [5, 5.41) is 10.1. The van der Waals surface area contributed by atoms with Crippen LogP contribution in [-0.4, -0.2) is 55.4 Å². The van der Waals surface area contributed by atoms with Crippen LogP contribution in [0.1, 0.15) is 17.8 Å². The number of rotatable bonds is 9. The van der Waals surface area contributed by atoms with Gasteiger partial charge in [-0.3, -0.25) is 0 Å². The summed E-state index contributed by atoms with van der Waals surface area (Å²) in [6.07, 6.45) is 2.51. The first-order valence-electron chi connectivity index (χ1n) is 11.3. The number of hydrogen-bond acceptors (Lipinski definition) is 6. The second-order valence-corrected chi connectivity index (χ2v) is 8.18. The molecular weight excluding hydrogens is 410 g/mol. The van der Waals surface area contributed by atoms with Crippen LogP contribution in [-0.2, 0) is 17.8 Å². The highest BCUT2D eigenvalue weighted by Crippen LogP contribution is 2.20. The van der Waals surface area contributed by atoms with Crippen LogP contribution in [0.3, 0.4) is 0 Å². The second-order valence-electron chi connectivity index (χ2n) is 8.18. The molecule has 172 valence electrons. The molecule has 0 saturated heterocycles. The molecule has 1 heterocycles. The number of nitrogens with zero attached hydrogens (tertiary/aromatic N) is 3. The van der Waals surface area contributed by atoms with Gasteiger partial charge in [-0.25, -0.2) is 9.97 Å². The third kappa shape index (κ3) is 7.34. The van der Waals surface area contributed by atoms with Crippen LogP contribution in [0.15, 0.2) is 66.7 Å². The maximum atomic E-state index is 10.3. The number of carbonyl (C=O) groups is 1. The Balaban J connectivity index is 0.000000203. The fourth-order valence-corrected chi connectivity index (χ4v) is 3.55. The van der Waals surface area contributed by atoms with Gasteiger partial charge in [0.2, 0.25) is 0 Å². The predicted molar refractivity (Wildman–Crippen MR) is 138 cm³/mol. The third-order valence-corrected chi connectivity index (χ3v) is 5.14. The van der Waals surface area contributed by atoms with Gasteiger partial charge in [0.25, 0.3) is 0 Å². The first-order chi connectivity index (χ1) is 16.1. The van der Waals surface area contributed by atoms with Gasteiger partial charge in [0.1, 0.15) is 17.9 Å². The minimum Gasteiger partial charge on any atom is -0.369 e. The van der Waals surface area contributed by atoms with E-state index in [-0.39, 0.29) is 0 Å². The van der Waals surface area contributed by atoms with Gasteiger partial charge in [0.05, 0.1) is 12.1 Å². The average molecular weight is 444 g/mol. The zero-order valence-electron chi connectivity index (χ0n) is 19.7. The van der Waals surface area contributed by atoms with E-state index in [0.717, 1.165) is 60.4 Å². The maximum Gasteiger partial charge on any atom is 0.145 e. The lowest BCUT2D eigenvalue weighted by atomic mass is 10.1. The summed E-state index contributed by atoms with van der Waals surface area (Å²) in [6, 6.07) is 22.4. The van der Waals surface area contributed by atoms with E-state index in [2.05, 4.69) is 49.8 Å². The van der Waals surface area contributed by atoms with Gasteiger partial charge >= 0.3 is 0 Å². The molecule has 33 heavy (non-hydrogen) atoms. The quantitative estimate of drug-likeness (QED) is 0.297. The molecular formula is C27H33N5O. The monoisotopic (exact) mass is 443 g/mol. The van der Waals surface area contributed by atoms with Crippen LogP contribution in [0.2, 0.25) is 0 Å². The van der Waals surface area contributed by atoms with E-state index in [1.807, 2.05) is 63.6 Å². The number of para-hydroxylation sites is 1. The molecule has 0 saturated carbocycles. The first kappa shape index (κ1) is 24.3. The Bertz CT molecular complexity index is 1180. The van der Waals surface area contributed by atoms with Crippen LogP contribution in [0, 0.1) is 0 Å². The molecule has 0 fully saturated rings. The molecule has 0 spiro atoms. The van der Waals surface area contributed by atoms with Gasteiger partial charge in [-0.1, -0.05) is 54.6 Å². The van der Waals surface area contributed by atoms with Crippen molar-refractivity contribution in [2.24, 2.45) is 0 Å². The third-order valence-electron chi connectivity index (χ3n) is 5.14. The Morgan fingerprint density at radius 1 is 0.909 bits per heavy atom. The summed E-state index contributed by atoms with van der Waals surface area (Å²) in [4.78, 5) is 21.7. The Kier molecular flexibility index (Phi) is 9.30. The molecule has 0 amide bonds. The topological polar surface area (TPSA) is 70.2 Å². The van der Waals surface area contributed by atoms with Gasteiger partial charge < -0.3 is 20.3 Å². The molecule has 4 rings (SSSR count). The van der Waals surface area contributed by atoms with Crippen molar-refractivity contribution in [3.63, 3.8) is 0 Å². The average Bonchev–Trinajstić information content (AvgIpc) is 2.82. The lowest BCUT2D eigenvalue weighted by Crippen LogP contribution is -2.16. The highest BCUT2D eigenvalue weighted by molar-refractivity contribution is 5.89. The van der Waals surface area contributed by atoms with Crippen molar-refractivity contribution in [1.29, 1.82) is 0 Å². The summed E-state index contributed by atoms with van der Waals surface area (Å²) in [5.41, 5.74) is 2.07. The molecule has 2 N–H and O–H groups in total. The number of carbonyl (C=O) groups excluding carboxylic acids is 1. The van der Waals surface area contributed by atoms with Gasteiger partial charge in [-0.15, -0.1) is 0 Å². The van der Waals surface area contributed by atoms with Crippen LogP contribution in [0.4, 0.5) is 5.82 Å². The molecule has 6 nitrogen and oxygen atoms in total. The molecule has 0 radical (unpaired) electrons. The van der Waals surface area contributed by atoms with Crippen LogP contribution in [0.25, 0.3) is 21.7 Å². The SMILES string of the molecule is CNCCCNc1nc(CN(C)C)nc2ccccc12.O=CCc1ccc2ccccc2c1. The van der Waals surface area contributed by atoms with Crippen molar-refractivity contribution in [1.82, 2.24) is 20.2 Å². The van der Waals surface area contributed by atoms with Crippen molar-refractivity contribution in [3.05, 3.63) is 78.1 Å². The fourth-order valence-electron chi connectivity index (χ4n) is 3.55. The zero-order valence-corrected chi connectivity index (χ0v) is 19.7. The summed E-state index contributed by atoms with van der Waals surface area (Å²) < 4.78 is 0. The Morgan fingerprint density at radius 2 is 1.67 bits per heavy atom. The van der Waals surface area contributed by atoms with E-state index in [9.17, 15) is 4.79 Å². The zero-order chi connectivity index (χ0) is 23.5. The molecule has 6 heteroatoms. The van der Waals surface area contributed by atoms with Crippen molar-refractivity contribution >= 4 is 33.8 Å². The lowest BCUT2D eigenvalue weighted by molar-refractivity contribution is -0.107. The summed E-state index contributed by atoms with van der Waals surface area (Å²) in [6.45, 7) is 2.65. The van der Waals surface area contributed by atoms with Crippen LogP contribution in [0.5, 0.6) is 0 Å².